The Morgan fingerprint density at radius 3 is 2.50 bits per heavy atom. The molecule has 0 atom stereocenters. The predicted octanol–water partition coefficient (Wildman–Crippen LogP) is 1.29. The number of amides is 1. The van der Waals surface area contributed by atoms with Crippen molar-refractivity contribution in [2.75, 3.05) is 33.8 Å². The topological polar surface area (TPSA) is 41.6 Å². The minimum Gasteiger partial charge on any atom is -0.484 e. The summed E-state index contributed by atoms with van der Waals surface area (Å²) < 4.78 is 5.69. The number of para-hydroxylation sites is 1. The number of ether oxygens (including phenoxy) is 1. The van der Waals surface area contributed by atoms with E-state index in [4.69, 9.17) is 4.74 Å². The summed E-state index contributed by atoms with van der Waals surface area (Å²) in [5.41, 5.74) is 0. The summed E-state index contributed by atoms with van der Waals surface area (Å²) in [5, 5.41) is 4.10. The van der Waals surface area contributed by atoms with Gasteiger partial charge in [-0.3, -0.25) is 4.79 Å². The summed E-state index contributed by atoms with van der Waals surface area (Å²) in [4.78, 5) is 13.7. The van der Waals surface area contributed by atoms with Crippen molar-refractivity contribution in [3.63, 3.8) is 0 Å². The van der Waals surface area contributed by atoms with Crippen molar-refractivity contribution in [3.05, 3.63) is 24.3 Å². The Labute approximate surface area is 123 Å². The van der Waals surface area contributed by atoms with Gasteiger partial charge in [0.25, 0.3) is 5.91 Å². The van der Waals surface area contributed by atoms with E-state index in [1.807, 2.05) is 37.2 Å². The molecule has 1 amide bonds. The second kappa shape index (κ2) is 7.45. The fourth-order valence-electron chi connectivity index (χ4n) is 1.83. The Morgan fingerprint density at radius 1 is 1.25 bits per heavy atom. The highest BCUT2D eigenvalue weighted by Gasteiger charge is 2.20. The van der Waals surface area contributed by atoms with Crippen LogP contribution in [0.15, 0.2) is 24.3 Å². The summed E-state index contributed by atoms with van der Waals surface area (Å²) in [6.07, 6.45) is 0. The van der Waals surface area contributed by atoms with Crippen molar-refractivity contribution < 1.29 is 9.53 Å². The Morgan fingerprint density at radius 2 is 1.90 bits per heavy atom. The first kappa shape index (κ1) is 16.7. The maximum atomic E-state index is 11.7. The molecule has 20 heavy (non-hydrogen) atoms. The average molecular weight is 294 g/mol. The van der Waals surface area contributed by atoms with Crippen molar-refractivity contribution in [1.82, 2.24) is 10.2 Å². The molecule has 0 aliphatic carbocycles. The molecule has 0 aliphatic heterocycles. The van der Waals surface area contributed by atoms with E-state index in [0.29, 0.717) is 6.54 Å². The standard InChI is InChI=1S/C15H26N2O2Si/c1-17(2)11-10-16-15(18)12-19-13-8-6-7-9-14(13)20(3,4)5/h6-9H,10-12H2,1-5H3,(H,16,18). The number of hydrogen-bond acceptors (Lipinski definition) is 3. The highest BCUT2D eigenvalue weighted by molar-refractivity contribution is 6.89. The van der Waals surface area contributed by atoms with Crippen LogP contribution in [0.1, 0.15) is 0 Å². The molecule has 0 saturated heterocycles. The van der Waals surface area contributed by atoms with E-state index in [9.17, 15) is 4.79 Å². The van der Waals surface area contributed by atoms with Gasteiger partial charge in [0.15, 0.2) is 6.61 Å². The molecule has 4 nitrogen and oxygen atoms in total. The molecule has 0 saturated carbocycles. The quantitative estimate of drug-likeness (QED) is 0.771. The molecule has 0 aliphatic rings. The van der Waals surface area contributed by atoms with Gasteiger partial charge in [0.1, 0.15) is 5.75 Å². The summed E-state index contributed by atoms with van der Waals surface area (Å²) >= 11 is 0. The first-order chi connectivity index (χ1) is 9.30. The lowest BCUT2D eigenvalue weighted by Gasteiger charge is -2.20. The van der Waals surface area contributed by atoms with E-state index in [1.54, 1.807) is 0 Å². The van der Waals surface area contributed by atoms with Crippen LogP contribution in [0.2, 0.25) is 19.6 Å². The molecular formula is C15H26N2O2Si. The number of carbonyl (C=O) groups excluding carboxylic acids is 1. The van der Waals surface area contributed by atoms with Gasteiger partial charge in [-0.05, 0) is 25.3 Å². The zero-order valence-electron chi connectivity index (χ0n) is 13.2. The molecule has 0 fully saturated rings. The minimum absolute atomic E-state index is 0.0720. The van der Waals surface area contributed by atoms with Crippen molar-refractivity contribution >= 4 is 19.2 Å². The third kappa shape index (κ3) is 5.75. The Balaban J connectivity index is 2.52. The van der Waals surface area contributed by atoms with E-state index >= 15 is 0 Å². The monoisotopic (exact) mass is 294 g/mol. The van der Waals surface area contributed by atoms with Crippen molar-refractivity contribution in [2.45, 2.75) is 19.6 Å². The number of nitrogens with one attached hydrogen (secondary N) is 1. The lowest BCUT2D eigenvalue weighted by molar-refractivity contribution is -0.123. The maximum Gasteiger partial charge on any atom is 0.257 e. The second-order valence-electron chi connectivity index (χ2n) is 6.19. The number of benzene rings is 1. The zero-order valence-corrected chi connectivity index (χ0v) is 14.2. The van der Waals surface area contributed by atoms with Crippen molar-refractivity contribution in [3.8, 4) is 5.75 Å². The molecule has 0 aromatic heterocycles. The van der Waals surface area contributed by atoms with Gasteiger partial charge in [0.2, 0.25) is 0 Å². The molecular weight excluding hydrogens is 268 g/mol. The highest BCUT2D eigenvalue weighted by atomic mass is 28.3. The van der Waals surface area contributed by atoms with E-state index < -0.39 is 8.07 Å². The normalized spacial score (nSPS) is 11.5. The largest absolute Gasteiger partial charge is 0.484 e. The highest BCUT2D eigenvalue weighted by Crippen LogP contribution is 2.13. The molecule has 1 aromatic rings. The lowest BCUT2D eigenvalue weighted by Crippen LogP contribution is -2.40. The van der Waals surface area contributed by atoms with Crippen LogP contribution in [-0.2, 0) is 4.79 Å². The molecule has 1 rings (SSSR count). The molecule has 5 heteroatoms. The van der Waals surface area contributed by atoms with Gasteiger partial charge in [0, 0.05) is 13.1 Å². The molecule has 0 radical (unpaired) electrons. The molecule has 112 valence electrons. The van der Waals surface area contributed by atoms with Crippen LogP contribution in [0.25, 0.3) is 0 Å². The summed E-state index contributed by atoms with van der Waals surface area (Å²) in [5.74, 6) is 0.770. The first-order valence-electron chi connectivity index (χ1n) is 6.94. The summed E-state index contributed by atoms with van der Waals surface area (Å²) in [7, 11) is 2.50. The van der Waals surface area contributed by atoms with Crippen LogP contribution >= 0.6 is 0 Å². The number of nitrogens with zero attached hydrogens (tertiary/aromatic N) is 1. The van der Waals surface area contributed by atoms with Crippen LogP contribution in [0.3, 0.4) is 0 Å². The smallest absolute Gasteiger partial charge is 0.257 e. The molecule has 0 spiro atoms. The Hall–Kier alpha value is -1.33. The van der Waals surface area contributed by atoms with E-state index in [0.717, 1.165) is 12.3 Å². The van der Waals surface area contributed by atoms with E-state index in [2.05, 4.69) is 31.0 Å². The van der Waals surface area contributed by atoms with E-state index in [1.165, 1.54) is 5.19 Å². The molecule has 0 bridgehead atoms. The lowest BCUT2D eigenvalue weighted by atomic mass is 10.3. The summed E-state index contributed by atoms with van der Waals surface area (Å²) in [6.45, 7) is 8.36. The van der Waals surface area contributed by atoms with Crippen LogP contribution in [0.5, 0.6) is 5.75 Å². The van der Waals surface area contributed by atoms with Gasteiger partial charge in [-0.1, -0.05) is 37.8 Å². The number of carbonyl (C=O) groups is 1. The molecule has 1 aromatic carbocycles. The first-order valence-corrected chi connectivity index (χ1v) is 10.4. The minimum atomic E-state index is -1.45. The SMILES string of the molecule is CN(C)CCNC(=O)COc1ccccc1[Si](C)(C)C. The fraction of sp³-hybridized carbons (Fsp3) is 0.533. The fourth-order valence-corrected chi connectivity index (χ4v) is 3.32. The molecule has 0 heterocycles. The summed E-state index contributed by atoms with van der Waals surface area (Å²) in [6, 6.07) is 8.02. The predicted molar refractivity (Wildman–Crippen MR) is 86.5 cm³/mol. The van der Waals surface area contributed by atoms with Gasteiger partial charge in [-0.2, -0.15) is 0 Å². The van der Waals surface area contributed by atoms with Crippen molar-refractivity contribution in [1.29, 1.82) is 0 Å². The van der Waals surface area contributed by atoms with Crippen LogP contribution in [-0.4, -0.2) is 52.7 Å². The van der Waals surface area contributed by atoms with Gasteiger partial charge >= 0.3 is 0 Å². The number of hydrogen-bond donors (Lipinski definition) is 1. The number of likely N-dealkylation sites (N-methyl/N-ethyl adjacent to an activating group) is 1. The molecule has 1 N–H and O–H groups in total. The average Bonchev–Trinajstić information content (AvgIpc) is 2.35. The zero-order chi connectivity index (χ0) is 15.2. The van der Waals surface area contributed by atoms with Gasteiger partial charge in [-0.25, -0.2) is 0 Å². The second-order valence-corrected chi connectivity index (χ2v) is 11.2. The van der Waals surface area contributed by atoms with Crippen LogP contribution < -0.4 is 15.2 Å². The van der Waals surface area contributed by atoms with Gasteiger partial charge in [0.05, 0.1) is 8.07 Å². The van der Waals surface area contributed by atoms with Gasteiger partial charge < -0.3 is 15.0 Å². The number of rotatable bonds is 7. The third-order valence-corrected chi connectivity index (χ3v) is 4.96. The van der Waals surface area contributed by atoms with Crippen LogP contribution in [0, 0.1) is 0 Å². The Kier molecular flexibility index (Phi) is 6.23. The van der Waals surface area contributed by atoms with Gasteiger partial charge in [-0.15, -0.1) is 0 Å². The van der Waals surface area contributed by atoms with E-state index in [-0.39, 0.29) is 12.5 Å². The van der Waals surface area contributed by atoms with Crippen LogP contribution in [0.4, 0.5) is 0 Å². The maximum absolute atomic E-state index is 11.7. The van der Waals surface area contributed by atoms with Crippen molar-refractivity contribution in [2.24, 2.45) is 0 Å². The molecule has 0 unspecified atom stereocenters. The third-order valence-electron chi connectivity index (χ3n) is 2.94. The Bertz CT molecular complexity index is 442.